The molecule has 2 aliphatic rings. The fourth-order valence-corrected chi connectivity index (χ4v) is 6.18. The maximum atomic E-state index is 13.7. The summed E-state index contributed by atoms with van der Waals surface area (Å²) in [5, 5.41) is 3.58. The maximum absolute atomic E-state index is 13.7. The highest BCUT2D eigenvalue weighted by atomic mass is 32.2. The zero-order chi connectivity index (χ0) is 24.9. The van der Waals surface area contributed by atoms with Gasteiger partial charge in [0.1, 0.15) is 18.2 Å². The molecule has 186 valence electrons. The van der Waals surface area contributed by atoms with Gasteiger partial charge in [-0.15, -0.1) is 0 Å². The largest absolute Gasteiger partial charge is 0.489 e. The van der Waals surface area contributed by atoms with E-state index >= 15 is 0 Å². The number of hydrogen-bond acceptors (Lipinski definition) is 4. The first kappa shape index (κ1) is 24.4. The molecular formula is C30H31FN2O2S. The van der Waals surface area contributed by atoms with Crippen molar-refractivity contribution in [3.8, 4) is 5.75 Å². The molecule has 0 radical (unpaired) electrons. The normalized spacial score (nSPS) is 23.2. The third kappa shape index (κ3) is 5.76. The minimum Gasteiger partial charge on any atom is -0.489 e. The van der Waals surface area contributed by atoms with E-state index in [-0.39, 0.29) is 23.3 Å². The van der Waals surface area contributed by atoms with Crippen molar-refractivity contribution >= 4 is 29.4 Å². The van der Waals surface area contributed by atoms with Gasteiger partial charge in [-0.1, -0.05) is 74.0 Å². The van der Waals surface area contributed by atoms with Crippen LogP contribution in [0, 0.1) is 11.7 Å². The van der Waals surface area contributed by atoms with Crippen LogP contribution >= 0.6 is 11.8 Å². The Morgan fingerprint density at radius 3 is 2.56 bits per heavy atom. The van der Waals surface area contributed by atoms with Crippen molar-refractivity contribution in [1.29, 1.82) is 0 Å². The predicted molar refractivity (Wildman–Crippen MR) is 145 cm³/mol. The van der Waals surface area contributed by atoms with Crippen LogP contribution in [-0.2, 0) is 11.4 Å². The van der Waals surface area contributed by atoms with Crippen LogP contribution < -0.4 is 10.1 Å². The number of hydrogen-bond donors (Lipinski definition) is 1. The molecule has 3 atom stereocenters. The number of ether oxygens (including phenoxy) is 1. The highest BCUT2D eigenvalue weighted by Gasteiger charge is 2.42. The lowest BCUT2D eigenvalue weighted by Gasteiger charge is -2.39. The van der Waals surface area contributed by atoms with Crippen molar-refractivity contribution in [2.24, 2.45) is 5.92 Å². The molecule has 6 heteroatoms. The molecule has 3 aromatic rings. The Balaban J connectivity index is 1.32. The Kier molecular flexibility index (Phi) is 7.61. The lowest BCUT2D eigenvalue weighted by molar-refractivity contribution is -0.129. The molecule has 1 saturated heterocycles. The lowest BCUT2D eigenvalue weighted by atomic mass is 9.85. The number of thioether (sulfide) groups is 1. The minimum absolute atomic E-state index is 0.0959. The van der Waals surface area contributed by atoms with Crippen LogP contribution in [0.1, 0.15) is 43.7 Å². The summed E-state index contributed by atoms with van der Waals surface area (Å²) in [5.41, 5.74) is 2.60. The van der Waals surface area contributed by atoms with E-state index in [1.807, 2.05) is 66.7 Å². The molecule has 36 heavy (non-hydrogen) atoms. The number of rotatable bonds is 7. The molecule has 1 aliphatic carbocycles. The molecular weight excluding hydrogens is 471 g/mol. The lowest BCUT2D eigenvalue weighted by Crippen LogP contribution is -2.48. The molecule has 1 amide bonds. The van der Waals surface area contributed by atoms with E-state index < -0.39 is 0 Å². The summed E-state index contributed by atoms with van der Waals surface area (Å²) >= 11 is 1.58. The summed E-state index contributed by atoms with van der Waals surface area (Å²) in [4.78, 5) is 16.5. The third-order valence-electron chi connectivity index (χ3n) is 6.90. The SMILES string of the molecule is C[C@@H]1CCCC[C@H]1N1C(=O)/C(=C/c2ccc(OCc3cccc(F)c3)cc2)SC1Nc1ccccc1. The van der Waals surface area contributed by atoms with Crippen molar-refractivity contribution in [3.63, 3.8) is 0 Å². The van der Waals surface area contributed by atoms with Gasteiger partial charge in [0.2, 0.25) is 0 Å². The molecule has 3 aromatic carbocycles. The van der Waals surface area contributed by atoms with E-state index in [0.717, 1.165) is 41.0 Å². The highest BCUT2D eigenvalue weighted by Crippen LogP contribution is 2.42. The fourth-order valence-electron chi connectivity index (χ4n) is 4.97. The van der Waals surface area contributed by atoms with Crippen LogP contribution in [0.15, 0.2) is 83.8 Å². The van der Waals surface area contributed by atoms with Crippen molar-refractivity contribution < 1.29 is 13.9 Å². The monoisotopic (exact) mass is 502 g/mol. The second-order valence-corrected chi connectivity index (χ2v) is 10.6. The average molecular weight is 503 g/mol. The topological polar surface area (TPSA) is 41.6 Å². The summed E-state index contributed by atoms with van der Waals surface area (Å²) in [5.74, 6) is 1.01. The number of benzene rings is 3. The summed E-state index contributed by atoms with van der Waals surface area (Å²) in [7, 11) is 0. The molecule has 1 N–H and O–H groups in total. The van der Waals surface area contributed by atoms with Crippen molar-refractivity contribution in [3.05, 3.63) is 101 Å². The van der Waals surface area contributed by atoms with Crippen LogP contribution in [0.25, 0.3) is 6.08 Å². The Hall–Kier alpha value is -3.25. The number of carbonyl (C=O) groups excluding carboxylic acids is 1. The fraction of sp³-hybridized carbons (Fsp3) is 0.300. The van der Waals surface area contributed by atoms with Gasteiger partial charge >= 0.3 is 0 Å². The van der Waals surface area contributed by atoms with Gasteiger partial charge in [0, 0.05) is 11.7 Å². The quantitative estimate of drug-likeness (QED) is 0.344. The number of nitrogens with zero attached hydrogens (tertiary/aromatic N) is 1. The van der Waals surface area contributed by atoms with Gasteiger partial charge in [0.05, 0.1) is 4.91 Å². The van der Waals surface area contributed by atoms with E-state index in [1.54, 1.807) is 17.8 Å². The molecule has 0 spiro atoms. The highest BCUT2D eigenvalue weighted by molar-refractivity contribution is 8.05. The van der Waals surface area contributed by atoms with Crippen molar-refractivity contribution in [2.45, 2.75) is 50.8 Å². The van der Waals surface area contributed by atoms with Gasteiger partial charge in [-0.25, -0.2) is 4.39 Å². The van der Waals surface area contributed by atoms with E-state index in [2.05, 4.69) is 17.1 Å². The van der Waals surface area contributed by atoms with Gasteiger partial charge in [-0.2, -0.15) is 0 Å². The molecule has 4 nitrogen and oxygen atoms in total. The smallest absolute Gasteiger partial charge is 0.262 e. The van der Waals surface area contributed by atoms with Crippen LogP contribution in [-0.4, -0.2) is 22.3 Å². The number of nitrogens with one attached hydrogen (secondary N) is 1. The average Bonchev–Trinajstić information content (AvgIpc) is 3.18. The molecule has 0 bridgehead atoms. The third-order valence-corrected chi connectivity index (χ3v) is 8.01. The molecule has 1 saturated carbocycles. The first-order valence-electron chi connectivity index (χ1n) is 12.6. The Labute approximate surface area is 216 Å². The summed E-state index contributed by atoms with van der Waals surface area (Å²) < 4.78 is 19.2. The number of halogens is 1. The van der Waals surface area contributed by atoms with E-state index in [1.165, 1.54) is 18.6 Å². The number of anilines is 1. The Morgan fingerprint density at radius 1 is 1.03 bits per heavy atom. The second-order valence-electron chi connectivity index (χ2n) is 9.52. The van der Waals surface area contributed by atoms with E-state index in [0.29, 0.717) is 18.3 Å². The second kappa shape index (κ2) is 11.2. The van der Waals surface area contributed by atoms with Crippen LogP contribution in [0.3, 0.4) is 0 Å². The van der Waals surface area contributed by atoms with Crippen LogP contribution in [0.2, 0.25) is 0 Å². The van der Waals surface area contributed by atoms with Gasteiger partial charge in [-0.05, 0) is 72.4 Å². The number of carbonyl (C=O) groups is 1. The predicted octanol–water partition coefficient (Wildman–Crippen LogP) is 7.30. The Bertz CT molecular complexity index is 1220. The first-order valence-corrected chi connectivity index (χ1v) is 13.4. The first-order chi connectivity index (χ1) is 17.6. The molecule has 5 rings (SSSR count). The summed E-state index contributed by atoms with van der Waals surface area (Å²) in [6.07, 6.45) is 6.58. The zero-order valence-corrected chi connectivity index (χ0v) is 21.2. The molecule has 1 aliphatic heterocycles. The van der Waals surface area contributed by atoms with E-state index in [4.69, 9.17) is 4.74 Å². The van der Waals surface area contributed by atoms with Gasteiger partial charge in [-0.3, -0.25) is 4.79 Å². The van der Waals surface area contributed by atoms with Crippen molar-refractivity contribution in [2.75, 3.05) is 5.32 Å². The molecule has 2 fully saturated rings. The zero-order valence-electron chi connectivity index (χ0n) is 20.4. The van der Waals surface area contributed by atoms with Crippen LogP contribution in [0.4, 0.5) is 10.1 Å². The number of amides is 1. The van der Waals surface area contributed by atoms with Crippen LogP contribution in [0.5, 0.6) is 5.75 Å². The van der Waals surface area contributed by atoms with Gasteiger partial charge < -0.3 is 15.0 Å². The maximum Gasteiger partial charge on any atom is 0.262 e. The summed E-state index contributed by atoms with van der Waals surface area (Å²) in [6, 6.07) is 24.4. The van der Waals surface area contributed by atoms with Crippen molar-refractivity contribution in [1.82, 2.24) is 4.90 Å². The molecule has 0 aromatic heterocycles. The standard InChI is InChI=1S/C30H31FN2O2S/c1-21-8-5-6-13-27(21)33-29(34)28(36-30(33)32-25-11-3-2-4-12-25)19-22-14-16-26(17-15-22)35-20-23-9-7-10-24(31)18-23/h2-4,7,9-12,14-19,21,27,30,32H,5-6,8,13,20H2,1H3/b28-19-/t21-,27-,30?/m1/s1. The van der Waals surface area contributed by atoms with E-state index in [9.17, 15) is 9.18 Å². The Morgan fingerprint density at radius 2 is 1.81 bits per heavy atom. The molecule has 1 unspecified atom stereocenters. The van der Waals surface area contributed by atoms with Gasteiger partial charge in [0.15, 0.2) is 5.50 Å². The minimum atomic E-state index is -0.270. The molecule has 1 heterocycles. The summed E-state index contributed by atoms with van der Waals surface area (Å²) in [6.45, 7) is 2.57. The van der Waals surface area contributed by atoms with Gasteiger partial charge in [0.25, 0.3) is 5.91 Å². The number of para-hydroxylation sites is 1.